The van der Waals surface area contributed by atoms with Gasteiger partial charge in [-0.3, -0.25) is 14.9 Å². The van der Waals surface area contributed by atoms with Crippen molar-refractivity contribution in [3.05, 3.63) is 42.0 Å². The molecule has 0 radical (unpaired) electrons. The standard InChI is InChI=1S/C19H21N5O3S/c1-3-27-15-9-8-13-6-4-5-7-14(13)16(15)17(26)22-19-24-23-18(28-19)21-11-10-20-12(2)25/h4-9H,3,10-11H2,1-2H3,(H,20,25)(H,21,23)(H,22,24,26). The van der Waals surface area contributed by atoms with E-state index in [1.54, 1.807) is 6.07 Å². The summed E-state index contributed by atoms with van der Waals surface area (Å²) in [6.07, 6.45) is 0. The predicted molar refractivity (Wildman–Crippen MR) is 110 cm³/mol. The maximum absolute atomic E-state index is 12.9. The molecule has 1 aromatic heterocycles. The largest absolute Gasteiger partial charge is 0.493 e. The van der Waals surface area contributed by atoms with Crippen LogP contribution in [-0.4, -0.2) is 41.7 Å². The molecular formula is C19H21N5O3S. The summed E-state index contributed by atoms with van der Waals surface area (Å²) < 4.78 is 5.65. The Hall–Kier alpha value is -3.20. The van der Waals surface area contributed by atoms with Gasteiger partial charge in [-0.25, -0.2) is 0 Å². The lowest BCUT2D eigenvalue weighted by Crippen LogP contribution is -2.26. The first-order valence-electron chi connectivity index (χ1n) is 8.86. The van der Waals surface area contributed by atoms with E-state index in [1.807, 2.05) is 37.3 Å². The molecule has 0 saturated carbocycles. The molecule has 0 aliphatic rings. The van der Waals surface area contributed by atoms with Gasteiger partial charge in [-0.15, -0.1) is 10.2 Å². The topological polar surface area (TPSA) is 105 Å². The van der Waals surface area contributed by atoms with Gasteiger partial charge in [0.15, 0.2) is 0 Å². The molecule has 146 valence electrons. The van der Waals surface area contributed by atoms with Crippen LogP contribution in [0.5, 0.6) is 5.75 Å². The highest BCUT2D eigenvalue weighted by molar-refractivity contribution is 7.19. The lowest BCUT2D eigenvalue weighted by atomic mass is 10.0. The van der Waals surface area contributed by atoms with Gasteiger partial charge in [0, 0.05) is 20.0 Å². The van der Waals surface area contributed by atoms with Gasteiger partial charge in [0.2, 0.25) is 16.2 Å². The van der Waals surface area contributed by atoms with Gasteiger partial charge in [0.25, 0.3) is 5.91 Å². The van der Waals surface area contributed by atoms with Crippen LogP contribution in [0.3, 0.4) is 0 Å². The third kappa shape index (κ3) is 4.74. The number of carbonyl (C=O) groups excluding carboxylic acids is 2. The van der Waals surface area contributed by atoms with Gasteiger partial charge < -0.3 is 15.4 Å². The van der Waals surface area contributed by atoms with Crippen molar-refractivity contribution >= 4 is 44.2 Å². The van der Waals surface area contributed by atoms with Crippen LogP contribution < -0.4 is 20.7 Å². The van der Waals surface area contributed by atoms with E-state index in [1.165, 1.54) is 18.3 Å². The van der Waals surface area contributed by atoms with E-state index in [-0.39, 0.29) is 11.8 Å². The molecule has 9 heteroatoms. The SMILES string of the molecule is CCOc1ccc2ccccc2c1C(=O)Nc1nnc(NCCNC(C)=O)s1. The summed E-state index contributed by atoms with van der Waals surface area (Å²) >= 11 is 1.22. The number of amides is 2. The van der Waals surface area contributed by atoms with E-state index >= 15 is 0 Å². The number of hydrogen-bond acceptors (Lipinski definition) is 7. The van der Waals surface area contributed by atoms with E-state index in [0.717, 1.165) is 10.8 Å². The molecule has 1 heterocycles. The highest BCUT2D eigenvalue weighted by Gasteiger charge is 2.18. The summed E-state index contributed by atoms with van der Waals surface area (Å²) in [5.74, 6) is 0.130. The van der Waals surface area contributed by atoms with Crippen molar-refractivity contribution < 1.29 is 14.3 Å². The van der Waals surface area contributed by atoms with Crippen LogP contribution in [0, 0.1) is 0 Å². The zero-order valence-corrected chi connectivity index (χ0v) is 16.4. The summed E-state index contributed by atoms with van der Waals surface area (Å²) in [4.78, 5) is 23.8. The molecule has 3 rings (SSSR count). The van der Waals surface area contributed by atoms with E-state index in [9.17, 15) is 9.59 Å². The maximum Gasteiger partial charge on any atom is 0.261 e. The molecule has 28 heavy (non-hydrogen) atoms. The van der Waals surface area contributed by atoms with Crippen molar-refractivity contribution in [3.8, 4) is 5.75 Å². The predicted octanol–water partition coefficient (Wildman–Crippen LogP) is 2.89. The molecule has 3 aromatic rings. The number of anilines is 2. The average molecular weight is 399 g/mol. The van der Waals surface area contributed by atoms with Gasteiger partial charge in [-0.2, -0.15) is 0 Å². The quantitative estimate of drug-likeness (QED) is 0.503. The number of nitrogens with one attached hydrogen (secondary N) is 3. The van der Waals surface area contributed by atoms with Gasteiger partial charge in [0.1, 0.15) is 5.75 Å². The number of carbonyl (C=O) groups is 2. The maximum atomic E-state index is 12.9. The van der Waals surface area contributed by atoms with Crippen LogP contribution >= 0.6 is 11.3 Å². The van der Waals surface area contributed by atoms with Gasteiger partial charge in [0.05, 0.1) is 12.2 Å². The molecule has 3 N–H and O–H groups in total. The Labute approximate surface area is 166 Å². The molecule has 0 bridgehead atoms. The van der Waals surface area contributed by atoms with Gasteiger partial charge in [-0.1, -0.05) is 41.7 Å². The lowest BCUT2D eigenvalue weighted by molar-refractivity contribution is -0.118. The van der Waals surface area contributed by atoms with E-state index < -0.39 is 0 Å². The van der Waals surface area contributed by atoms with E-state index in [4.69, 9.17) is 4.74 Å². The number of aromatic nitrogens is 2. The van der Waals surface area contributed by atoms with E-state index in [2.05, 4.69) is 26.1 Å². The first kappa shape index (κ1) is 19.6. The molecule has 0 atom stereocenters. The third-order valence-corrected chi connectivity index (χ3v) is 4.63. The molecule has 2 amide bonds. The monoisotopic (exact) mass is 399 g/mol. The number of rotatable bonds is 8. The molecule has 8 nitrogen and oxygen atoms in total. The minimum atomic E-state index is -0.304. The number of ether oxygens (including phenoxy) is 1. The highest BCUT2D eigenvalue weighted by atomic mass is 32.1. The van der Waals surface area contributed by atoms with Crippen LogP contribution in [0.2, 0.25) is 0 Å². The molecule has 0 saturated heterocycles. The lowest BCUT2D eigenvalue weighted by Gasteiger charge is -2.12. The van der Waals surface area contributed by atoms with Gasteiger partial charge >= 0.3 is 0 Å². The van der Waals surface area contributed by atoms with Crippen LogP contribution in [0.4, 0.5) is 10.3 Å². The first-order chi connectivity index (χ1) is 13.6. The zero-order chi connectivity index (χ0) is 19.9. The smallest absolute Gasteiger partial charge is 0.261 e. The highest BCUT2D eigenvalue weighted by Crippen LogP contribution is 2.30. The Bertz CT molecular complexity index is 989. The normalized spacial score (nSPS) is 10.5. The molecule has 2 aromatic carbocycles. The Morgan fingerprint density at radius 3 is 2.64 bits per heavy atom. The van der Waals surface area contributed by atoms with Gasteiger partial charge in [-0.05, 0) is 23.8 Å². The number of nitrogens with zero attached hydrogens (tertiary/aromatic N) is 2. The van der Waals surface area contributed by atoms with Crippen LogP contribution in [0.25, 0.3) is 10.8 Å². The van der Waals surface area contributed by atoms with E-state index in [0.29, 0.717) is 41.3 Å². The zero-order valence-electron chi connectivity index (χ0n) is 15.6. The first-order valence-corrected chi connectivity index (χ1v) is 9.68. The summed E-state index contributed by atoms with van der Waals surface area (Å²) in [6.45, 7) is 4.78. The molecule has 0 aliphatic heterocycles. The summed E-state index contributed by atoms with van der Waals surface area (Å²) in [5, 5.41) is 19.2. The van der Waals surface area contributed by atoms with Crippen molar-refractivity contribution in [2.75, 3.05) is 30.3 Å². The van der Waals surface area contributed by atoms with Crippen LogP contribution in [0.15, 0.2) is 36.4 Å². The fourth-order valence-electron chi connectivity index (χ4n) is 2.67. The van der Waals surface area contributed by atoms with Crippen molar-refractivity contribution in [1.82, 2.24) is 15.5 Å². The molecule has 0 aliphatic carbocycles. The second-order valence-electron chi connectivity index (χ2n) is 5.87. The summed E-state index contributed by atoms with van der Waals surface area (Å²) in [5.41, 5.74) is 0.468. The second kappa shape index (κ2) is 9.14. The Kier molecular flexibility index (Phi) is 6.38. The minimum Gasteiger partial charge on any atom is -0.493 e. The molecular weight excluding hydrogens is 378 g/mol. The van der Waals surface area contributed by atoms with Crippen LogP contribution in [-0.2, 0) is 4.79 Å². The van der Waals surface area contributed by atoms with Crippen molar-refractivity contribution in [2.24, 2.45) is 0 Å². The Morgan fingerprint density at radius 1 is 1.07 bits per heavy atom. The summed E-state index contributed by atoms with van der Waals surface area (Å²) in [7, 11) is 0. The van der Waals surface area contributed by atoms with Crippen molar-refractivity contribution in [2.45, 2.75) is 13.8 Å². The Balaban J connectivity index is 1.74. The Morgan fingerprint density at radius 2 is 1.86 bits per heavy atom. The van der Waals surface area contributed by atoms with Crippen molar-refractivity contribution in [1.29, 1.82) is 0 Å². The number of fused-ring (bicyclic) bond motifs is 1. The molecule has 0 fully saturated rings. The fraction of sp³-hybridized carbons (Fsp3) is 0.263. The number of hydrogen-bond donors (Lipinski definition) is 3. The summed E-state index contributed by atoms with van der Waals surface area (Å²) in [6, 6.07) is 11.4. The third-order valence-electron chi connectivity index (χ3n) is 3.84. The molecule has 0 unspecified atom stereocenters. The number of benzene rings is 2. The average Bonchev–Trinajstić information content (AvgIpc) is 3.12. The second-order valence-corrected chi connectivity index (χ2v) is 6.85. The molecule has 0 spiro atoms. The van der Waals surface area contributed by atoms with Crippen molar-refractivity contribution in [3.63, 3.8) is 0 Å². The van der Waals surface area contributed by atoms with Crippen LogP contribution in [0.1, 0.15) is 24.2 Å². The minimum absolute atomic E-state index is 0.0905. The fourth-order valence-corrected chi connectivity index (χ4v) is 3.34.